The van der Waals surface area contributed by atoms with Gasteiger partial charge < -0.3 is 14.8 Å². The maximum atomic E-state index is 12.0. The van der Waals surface area contributed by atoms with E-state index in [1.807, 2.05) is 61.1 Å². The lowest BCUT2D eigenvalue weighted by Gasteiger charge is -2.18. The molecule has 0 saturated heterocycles. The van der Waals surface area contributed by atoms with E-state index in [1.54, 1.807) is 11.9 Å². The summed E-state index contributed by atoms with van der Waals surface area (Å²) >= 11 is 0. The predicted molar refractivity (Wildman–Crippen MR) is 77.1 cm³/mol. The topological polar surface area (TPSA) is 37.3 Å². The van der Waals surface area contributed by atoms with Gasteiger partial charge in [0.1, 0.15) is 0 Å². The van der Waals surface area contributed by atoms with Gasteiger partial charge in [-0.05, 0) is 31.2 Å². The molecule has 0 radical (unpaired) electrons. The van der Waals surface area contributed by atoms with Crippen LogP contribution in [-0.2, 0) is 13.6 Å². The Morgan fingerprint density at radius 1 is 1.26 bits per heavy atom. The molecule has 2 rings (SSSR count). The summed E-state index contributed by atoms with van der Waals surface area (Å²) in [6, 6.07) is 11.6. The second-order valence-corrected chi connectivity index (χ2v) is 4.76. The molecule has 0 bridgehead atoms. The largest absolute Gasteiger partial charge is 0.353 e. The van der Waals surface area contributed by atoms with Crippen LogP contribution in [0.1, 0.15) is 11.3 Å². The minimum atomic E-state index is -0.106. The van der Waals surface area contributed by atoms with Crippen LogP contribution in [0, 0.1) is 6.92 Å². The van der Waals surface area contributed by atoms with Crippen molar-refractivity contribution in [2.45, 2.75) is 13.5 Å². The van der Waals surface area contributed by atoms with Crippen LogP contribution in [0.5, 0.6) is 0 Å². The third-order valence-electron chi connectivity index (χ3n) is 3.10. The van der Waals surface area contributed by atoms with Crippen LogP contribution in [0.15, 0.2) is 42.6 Å². The minimum absolute atomic E-state index is 0.106. The van der Waals surface area contributed by atoms with Crippen LogP contribution in [-0.4, -0.2) is 22.5 Å². The Hall–Kier alpha value is -2.23. The first-order valence-corrected chi connectivity index (χ1v) is 6.25. The van der Waals surface area contributed by atoms with Crippen molar-refractivity contribution in [1.82, 2.24) is 9.47 Å². The van der Waals surface area contributed by atoms with Crippen molar-refractivity contribution in [3.63, 3.8) is 0 Å². The van der Waals surface area contributed by atoms with Crippen molar-refractivity contribution >= 4 is 11.7 Å². The third kappa shape index (κ3) is 3.37. The molecule has 100 valence electrons. The fraction of sp³-hybridized carbons (Fsp3) is 0.267. The molecule has 0 aliphatic rings. The molecule has 2 amide bonds. The first kappa shape index (κ1) is 13.2. The van der Waals surface area contributed by atoms with E-state index in [1.165, 1.54) is 5.56 Å². The number of urea groups is 1. The molecule has 0 spiro atoms. The fourth-order valence-corrected chi connectivity index (χ4v) is 1.83. The van der Waals surface area contributed by atoms with Gasteiger partial charge in [-0.1, -0.05) is 17.7 Å². The van der Waals surface area contributed by atoms with Crippen molar-refractivity contribution in [3.8, 4) is 0 Å². The standard InChI is InChI=1S/C15H19N3O/c1-12-6-8-13(9-7-12)16-15(19)18(3)11-14-5-4-10-17(14)2/h4-10H,11H2,1-3H3,(H,16,19). The average molecular weight is 257 g/mol. The number of hydrogen-bond acceptors (Lipinski definition) is 1. The lowest BCUT2D eigenvalue weighted by Crippen LogP contribution is -2.31. The van der Waals surface area contributed by atoms with Crippen molar-refractivity contribution in [1.29, 1.82) is 0 Å². The Kier molecular flexibility index (Phi) is 3.90. The predicted octanol–water partition coefficient (Wildman–Crippen LogP) is 3.00. The third-order valence-corrected chi connectivity index (χ3v) is 3.10. The first-order chi connectivity index (χ1) is 9.06. The van der Waals surface area contributed by atoms with Gasteiger partial charge in [0.2, 0.25) is 0 Å². The summed E-state index contributed by atoms with van der Waals surface area (Å²) in [5, 5.41) is 2.88. The highest BCUT2D eigenvalue weighted by atomic mass is 16.2. The highest BCUT2D eigenvalue weighted by Gasteiger charge is 2.10. The zero-order valence-corrected chi connectivity index (χ0v) is 11.6. The van der Waals surface area contributed by atoms with E-state index in [4.69, 9.17) is 0 Å². The molecule has 4 nitrogen and oxygen atoms in total. The van der Waals surface area contributed by atoms with E-state index in [0.717, 1.165) is 11.4 Å². The zero-order chi connectivity index (χ0) is 13.8. The molecule has 4 heteroatoms. The van der Waals surface area contributed by atoms with Gasteiger partial charge in [0.15, 0.2) is 0 Å². The van der Waals surface area contributed by atoms with Crippen LogP contribution in [0.25, 0.3) is 0 Å². The lowest BCUT2D eigenvalue weighted by molar-refractivity contribution is 0.220. The summed E-state index contributed by atoms with van der Waals surface area (Å²) in [5.41, 5.74) is 3.09. The Morgan fingerprint density at radius 3 is 2.53 bits per heavy atom. The minimum Gasteiger partial charge on any atom is -0.353 e. The van der Waals surface area contributed by atoms with E-state index >= 15 is 0 Å². The van der Waals surface area contributed by atoms with Crippen LogP contribution in [0.3, 0.4) is 0 Å². The molecule has 2 aromatic rings. The zero-order valence-electron chi connectivity index (χ0n) is 11.6. The summed E-state index contributed by atoms with van der Waals surface area (Å²) in [4.78, 5) is 13.7. The molecule has 1 N–H and O–H groups in total. The van der Waals surface area contributed by atoms with Gasteiger partial charge in [-0.3, -0.25) is 0 Å². The lowest BCUT2D eigenvalue weighted by atomic mass is 10.2. The van der Waals surface area contributed by atoms with Crippen LogP contribution >= 0.6 is 0 Å². The van der Waals surface area contributed by atoms with Gasteiger partial charge in [0, 0.05) is 31.7 Å². The summed E-state index contributed by atoms with van der Waals surface area (Å²) in [6.45, 7) is 2.61. The second kappa shape index (κ2) is 5.61. The van der Waals surface area contributed by atoms with Crippen LogP contribution in [0.2, 0.25) is 0 Å². The second-order valence-electron chi connectivity index (χ2n) is 4.76. The van der Waals surface area contributed by atoms with Gasteiger partial charge in [-0.2, -0.15) is 0 Å². The molecule has 0 atom stereocenters. The van der Waals surface area contributed by atoms with E-state index < -0.39 is 0 Å². The van der Waals surface area contributed by atoms with Gasteiger partial charge in [-0.15, -0.1) is 0 Å². The molecule has 0 unspecified atom stereocenters. The molecule has 0 saturated carbocycles. The number of anilines is 1. The Morgan fingerprint density at radius 2 is 1.95 bits per heavy atom. The first-order valence-electron chi connectivity index (χ1n) is 6.25. The van der Waals surface area contributed by atoms with Gasteiger partial charge in [-0.25, -0.2) is 4.79 Å². The van der Waals surface area contributed by atoms with Gasteiger partial charge in [0.05, 0.1) is 6.54 Å². The van der Waals surface area contributed by atoms with E-state index in [2.05, 4.69) is 5.32 Å². The van der Waals surface area contributed by atoms with Gasteiger partial charge in [0.25, 0.3) is 0 Å². The molecular formula is C15H19N3O. The monoisotopic (exact) mass is 257 g/mol. The number of nitrogens with zero attached hydrogens (tertiary/aromatic N) is 2. The smallest absolute Gasteiger partial charge is 0.321 e. The molecule has 1 heterocycles. The number of amides is 2. The fourth-order valence-electron chi connectivity index (χ4n) is 1.83. The Balaban J connectivity index is 1.96. The van der Waals surface area contributed by atoms with Crippen LogP contribution < -0.4 is 5.32 Å². The van der Waals surface area contributed by atoms with Crippen molar-refractivity contribution < 1.29 is 4.79 Å². The quantitative estimate of drug-likeness (QED) is 0.901. The number of carbonyl (C=O) groups is 1. The molecule has 0 aliphatic heterocycles. The Bertz CT molecular complexity index is 557. The van der Waals surface area contributed by atoms with Crippen molar-refractivity contribution in [3.05, 3.63) is 53.9 Å². The van der Waals surface area contributed by atoms with Crippen molar-refractivity contribution in [2.24, 2.45) is 7.05 Å². The molecule has 1 aromatic heterocycles. The number of benzene rings is 1. The molecule has 19 heavy (non-hydrogen) atoms. The number of nitrogens with one attached hydrogen (secondary N) is 1. The number of rotatable bonds is 3. The molecular weight excluding hydrogens is 238 g/mol. The highest BCUT2D eigenvalue weighted by molar-refractivity contribution is 5.89. The average Bonchev–Trinajstić information content (AvgIpc) is 2.78. The van der Waals surface area contributed by atoms with Gasteiger partial charge >= 0.3 is 6.03 Å². The summed E-state index contributed by atoms with van der Waals surface area (Å²) < 4.78 is 2.01. The molecule has 1 aromatic carbocycles. The summed E-state index contributed by atoms with van der Waals surface area (Å²) in [7, 11) is 3.76. The molecule has 0 fully saturated rings. The summed E-state index contributed by atoms with van der Waals surface area (Å²) in [5.74, 6) is 0. The molecule has 0 aliphatic carbocycles. The van der Waals surface area contributed by atoms with Crippen LogP contribution in [0.4, 0.5) is 10.5 Å². The maximum absolute atomic E-state index is 12.0. The summed E-state index contributed by atoms with van der Waals surface area (Å²) in [6.07, 6.45) is 1.97. The van der Waals surface area contributed by atoms with E-state index in [0.29, 0.717) is 6.54 Å². The van der Waals surface area contributed by atoms with Crippen molar-refractivity contribution in [2.75, 3.05) is 12.4 Å². The number of hydrogen-bond donors (Lipinski definition) is 1. The Labute approximate surface area is 113 Å². The SMILES string of the molecule is Cc1ccc(NC(=O)N(C)Cc2cccn2C)cc1. The number of aryl methyl sites for hydroxylation is 2. The highest BCUT2D eigenvalue weighted by Crippen LogP contribution is 2.10. The van der Waals surface area contributed by atoms with E-state index in [-0.39, 0.29) is 6.03 Å². The number of carbonyl (C=O) groups excluding carboxylic acids is 1. The van der Waals surface area contributed by atoms with E-state index in [9.17, 15) is 4.79 Å². The normalized spacial score (nSPS) is 10.3. The number of aromatic nitrogens is 1. The maximum Gasteiger partial charge on any atom is 0.321 e.